The van der Waals surface area contributed by atoms with Gasteiger partial charge >= 0.3 is 0 Å². The van der Waals surface area contributed by atoms with Crippen LogP contribution in [-0.2, 0) is 0 Å². The second-order valence-corrected chi connectivity index (χ2v) is 5.92. The summed E-state index contributed by atoms with van der Waals surface area (Å²) in [5, 5.41) is 0.741. The van der Waals surface area contributed by atoms with Gasteiger partial charge in [-0.15, -0.1) is 0 Å². The van der Waals surface area contributed by atoms with Crippen LogP contribution >= 0.6 is 23.8 Å². The van der Waals surface area contributed by atoms with Gasteiger partial charge in [0.15, 0.2) is 0 Å². The normalized spacial score (nSPS) is 10.5. The molecule has 0 saturated carbocycles. The zero-order valence-electron chi connectivity index (χ0n) is 12.5. The van der Waals surface area contributed by atoms with Crippen LogP contribution in [0.1, 0.15) is 27.9 Å². The van der Waals surface area contributed by atoms with Gasteiger partial charge in [-0.3, -0.25) is 0 Å². The van der Waals surface area contributed by atoms with Crippen molar-refractivity contribution in [2.75, 3.05) is 0 Å². The van der Waals surface area contributed by atoms with Crippen LogP contribution in [0.3, 0.4) is 0 Å². The lowest BCUT2D eigenvalue weighted by molar-refractivity contribution is 0.459. The summed E-state index contributed by atoms with van der Waals surface area (Å²) < 4.78 is 5.91. The Kier molecular flexibility index (Phi) is 4.49. The summed E-state index contributed by atoms with van der Waals surface area (Å²) >= 11 is 11.3. The van der Waals surface area contributed by atoms with Crippen molar-refractivity contribution in [1.29, 1.82) is 0 Å². The van der Waals surface area contributed by atoms with Gasteiger partial charge in [-0.25, -0.2) is 4.98 Å². The summed E-state index contributed by atoms with van der Waals surface area (Å²) in [4.78, 5) is 4.68. The van der Waals surface area contributed by atoms with Gasteiger partial charge in [0, 0.05) is 10.7 Å². The van der Waals surface area contributed by atoms with E-state index in [0.29, 0.717) is 17.2 Å². The van der Waals surface area contributed by atoms with Crippen LogP contribution in [-0.4, -0.2) is 9.97 Å². The second kappa shape index (κ2) is 6.00. The molecule has 0 bridgehead atoms. The fraction of sp³-hybridized carbons (Fsp3) is 0.250. The first kappa shape index (κ1) is 15.7. The summed E-state index contributed by atoms with van der Waals surface area (Å²) in [6.07, 6.45) is 0. The van der Waals surface area contributed by atoms with Crippen molar-refractivity contribution in [3.63, 3.8) is 0 Å². The molecule has 0 radical (unpaired) electrons. The van der Waals surface area contributed by atoms with Crippen LogP contribution in [0.15, 0.2) is 18.2 Å². The van der Waals surface area contributed by atoms with Crippen LogP contribution in [0, 0.1) is 27.7 Å². The third-order valence-electron chi connectivity index (χ3n) is 3.18. The van der Waals surface area contributed by atoms with Gasteiger partial charge in [0.2, 0.25) is 5.88 Å². The van der Waals surface area contributed by atoms with Crippen LogP contribution < -0.4 is 10.5 Å². The highest BCUT2D eigenvalue weighted by Crippen LogP contribution is 2.31. The fourth-order valence-electron chi connectivity index (χ4n) is 2.25. The molecule has 1 aromatic heterocycles. The SMILES string of the molecule is Cc1cc(C)c(C(N)=S)c(Oc2cc(C)c(Cl)c(C)c2)n1. The topological polar surface area (TPSA) is 48.1 Å². The monoisotopic (exact) mass is 320 g/mol. The molecule has 3 nitrogen and oxygen atoms in total. The van der Waals surface area contributed by atoms with E-state index in [9.17, 15) is 0 Å². The first-order valence-corrected chi connectivity index (χ1v) is 7.31. The van der Waals surface area contributed by atoms with E-state index in [0.717, 1.165) is 27.4 Å². The molecule has 0 aliphatic carbocycles. The molecular formula is C16H17ClN2OS. The average Bonchev–Trinajstić information content (AvgIpc) is 2.34. The van der Waals surface area contributed by atoms with Gasteiger partial charge in [-0.2, -0.15) is 0 Å². The molecule has 0 aliphatic heterocycles. The van der Waals surface area contributed by atoms with E-state index in [1.807, 2.05) is 45.9 Å². The van der Waals surface area contributed by atoms with E-state index in [-0.39, 0.29) is 4.99 Å². The molecule has 1 aromatic carbocycles. The molecule has 2 N–H and O–H groups in total. The number of ether oxygens (including phenoxy) is 1. The fourth-order valence-corrected chi connectivity index (χ4v) is 2.61. The van der Waals surface area contributed by atoms with Crippen molar-refractivity contribution in [3.8, 4) is 11.6 Å². The predicted molar refractivity (Wildman–Crippen MR) is 90.6 cm³/mol. The average molecular weight is 321 g/mol. The molecule has 0 amide bonds. The molecular weight excluding hydrogens is 304 g/mol. The maximum absolute atomic E-state index is 6.17. The third kappa shape index (κ3) is 3.34. The highest BCUT2D eigenvalue weighted by Gasteiger charge is 2.14. The lowest BCUT2D eigenvalue weighted by Crippen LogP contribution is -2.14. The molecule has 2 aromatic rings. The lowest BCUT2D eigenvalue weighted by Gasteiger charge is -2.14. The quantitative estimate of drug-likeness (QED) is 0.852. The maximum atomic E-state index is 6.17. The van der Waals surface area contributed by atoms with Gasteiger partial charge in [0.25, 0.3) is 0 Å². The number of halogens is 1. The highest BCUT2D eigenvalue weighted by molar-refractivity contribution is 7.80. The van der Waals surface area contributed by atoms with Gasteiger partial charge in [0.1, 0.15) is 10.7 Å². The number of nitrogens with zero attached hydrogens (tertiary/aromatic N) is 1. The Hall–Kier alpha value is -1.65. The maximum Gasteiger partial charge on any atom is 0.229 e. The summed E-state index contributed by atoms with van der Waals surface area (Å²) in [5.74, 6) is 1.10. The van der Waals surface area contributed by atoms with E-state index in [1.54, 1.807) is 0 Å². The largest absolute Gasteiger partial charge is 0.438 e. The first-order valence-electron chi connectivity index (χ1n) is 6.52. The zero-order valence-corrected chi connectivity index (χ0v) is 14.0. The minimum atomic E-state index is 0.275. The number of hydrogen-bond donors (Lipinski definition) is 1. The Balaban J connectivity index is 2.51. The number of hydrogen-bond acceptors (Lipinski definition) is 3. The molecule has 110 valence electrons. The van der Waals surface area contributed by atoms with E-state index < -0.39 is 0 Å². The number of nitrogens with two attached hydrogens (primary N) is 1. The number of aryl methyl sites for hydroxylation is 4. The summed E-state index contributed by atoms with van der Waals surface area (Å²) in [5.41, 5.74) is 10.2. The first-order chi connectivity index (χ1) is 9.79. The number of thiocarbonyl (C=S) groups is 1. The van der Waals surface area contributed by atoms with Crippen molar-refractivity contribution in [2.45, 2.75) is 27.7 Å². The van der Waals surface area contributed by atoms with Gasteiger partial charge in [0.05, 0.1) is 5.56 Å². The molecule has 2 rings (SSSR count). The Labute approximate surface area is 135 Å². The van der Waals surface area contributed by atoms with Crippen molar-refractivity contribution in [2.24, 2.45) is 5.73 Å². The van der Waals surface area contributed by atoms with Crippen LogP contribution in [0.4, 0.5) is 0 Å². The second-order valence-electron chi connectivity index (χ2n) is 5.10. The van der Waals surface area contributed by atoms with E-state index in [1.165, 1.54) is 0 Å². The molecule has 21 heavy (non-hydrogen) atoms. The number of aromatic nitrogens is 1. The highest BCUT2D eigenvalue weighted by atomic mass is 35.5. The number of rotatable bonds is 3. The van der Waals surface area contributed by atoms with Crippen molar-refractivity contribution in [1.82, 2.24) is 4.98 Å². The molecule has 0 saturated heterocycles. The summed E-state index contributed by atoms with van der Waals surface area (Å²) in [6.45, 7) is 7.72. The minimum absolute atomic E-state index is 0.275. The van der Waals surface area contributed by atoms with Crippen molar-refractivity contribution >= 4 is 28.8 Å². The van der Waals surface area contributed by atoms with Gasteiger partial charge in [-0.05, 0) is 62.6 Å². The molecule has 1 heterocycles. The Morgan fingerprint density at radius 1 is 1.10 bits per heavy atom. The van der Waals surface area contributed by atoms with Crippen LogP contribution in [0.25, 0.3) is 0 Å². The molecule has 0 spiro atoms. The molecule has 0 aliphatic rings. The molecule has 0 unspecified atom stereocenters. The standard InChI is InChI=1S/C16H17ClN2OS/c1-8-5-11(4)19-16(13(8)15(18)21)20-12-6-9(2)14(17)10(3)7-12/h5-7H,1-4H3,(H2,18,21). The van der Waals surface area contributed by atoms with Crippen molar-refractivity contribution in [3.05, 3.63) is 51.2 Å². The Morgan fingerprint density at radius 2 is 1.67 bits per heavy atom. The number of benzene rings is 1. The Bertz CT molecular complexity index is 705. The number of pyridine rings is 1. The molecule has 0 fully saturated rings. The predicted octanol–water partition coefficient (Wildman–Crippen LogP) is 4.40. The zero-order chi connectivity index (χ0) is 15.7. The van der Waals surface area contributed by atoms with E-state index >= 15 is 0 Å². The van der Waals surface area contributed by atoms with E-state index in [4.69, 9.17) is 34.3 Å². The Morgan fingerprint density at radius 3 is 2.19 bits per heavy atom. The summed E-state index contributed by atoms with van der Waals surface area (Å²) in [7, 11) is 0. The smallest absolute Gasteiger partial charge is 0.229 e. The van der Waals surface area contributed by atoms with Crippen molar-refractivity contribution < 1.29 is 4.74 Å². The van der Waals surface area contributed by atoms with Gasteiger partial charge in [-0.1, -0.05) is 23.8 Å². The van der Waals surface area contributed by atoms with Crippen LogP contribution in [0.2, 0.25) is 5.02 Å². The van der Waals surface area contributed by atoms with E-state index in [2.05, 4.69) is 4.98 Å². The molecule has 5 heteroatoms. The summed E-state index contributed by atoms with van der Waals surface area (Å²) in [6, 6.07) is 5.68. The van der Waals surface area contributed by atoms with Crippen LogP contribution in [0.5, 0.6) is 11.6 Å². The lowest BCUT2D eigenvalue weighted by atomic mass is 10.1. The molecule has 0 atom stereocenters. The third-order valence-corrected chi connectivity index (χ3v) is 3.98. The van der Waals surface area contributed by atoms with Gasteiger partial charge < -0.3 is 10.5 Å². The minimum Gasteiger partial charge on any atom is -0.438 e.